The molecule has 0 aromatic rings. The lowest BCUT2D eigenvalue weighted by molar-refractivity contribution is -0.138. The lowest BCUT2D eigenvalue weighted by Gasteiger charge is -2.16. The zero-order valence-electron chi connectivity index (χ0n) is 6.31. The number of hydrogen-bond acceptors (Lipinski definition) is 2. The zero-order chi connectivity index (χ0) is 6.91. The topological polar surface area (TPSA) is 18.5 Å². The minimum atomic E-state index is -0.333. The molecule has 0 aromatic heterocycles. The van der Waals surface area contributed by atoms with E-state index in [1.165, 1.54) is 0 Å². The Hall–Kier alpha value is -0.0800. The Labute approximate surface area is 63.5 Å². The van der Waals surface area contributed by atoms with E-state index in [1.54, 1.807) is 0 Å². The molecule has 0 unspecified atom stereocenters. The summed E-state index contributed by atoms with van der Waals surface area (Å²) >= 11 is 0. The number of hydrogen-bond donors (Lipinski definition) is 0. The highest BCUT2D eigenvalue weighted by Crippen LogP contribution is 2.23. The molecule has 1 aliphatic heterocycles. The number of rotatable bonds is 1. The highest BCUT2D eigenvalue weighted by molar-refractivity contribution is 4.68. The minimum absolute atomic E-state index is 0. The monoisotopic (exact) mass is 146 g/mol. The van der Waals surface area contributed by atoms with E-state index in [-0.39, 0.29) is 13.2 Å². The van der Waals surface area contributed by atoms with Gasteiger partial charge in [-0.1, -0.05) is 14.4 Å². The standard InChI is InChI=1S/C7H14O2.CH4/c1-4-6-5-8-7(2,3)9-6;/h6H,4-5H2,1-3H3;1H4/t6-;/m1./s1. The maximum absolute atomic E-state index is 5.48. The van der Waals surface area contributed by atoms with Crippen molar-refractivity contribution in [2.75, 3.05) is 6.61 Å². The van der Waals surface area contributed by atoms with E-state index in [9.17, 15) is 0 Å². The van der Waals surface area contributed by atoms with Crippen molar-refractivity contribution in [3.63, 3.8) is 0 Å². The van der Waals surface area contributed by atoms with Crippen LogP contribution in [0.2, 0.25) is 0 Å². The van der Waals surface area contributed by atoms with Crippen LogP contribution in [0.25, 0.3) is 0 Å². The molecule has 0 aliphatic carbocycles. The van der Waals surface area contributed by atoms with E-state index in [4.69, 9.17) is 9.47 Å². The van der Waals surface area contributed by atoms with Gasteiger partial charge in [0.25, 0.3) is 0 Å². The lowest BCUT2D eigenvalue weighted by Crippen LogP contribution is -2.21. The summed E-state index contributed by atoms with van der Waals surface area (Å²) in [5.41, 5.74) is 0. The molecule has 0 bridgehead atoms. The molecule has 62 valence electrons. The maximum Gasteiger partial charge on any atom is 0.163 e. The summed E-state index contributed by atoms with van der Waals surface area (Å²) < 4.78 is 10.8. The van der Waals surface area contributed by atoms with Crippen molar-refractivity contribution in [3.05, 3.63) is 0 Å². The van der Waals surface area contributed by atoms with E-state index in [1.807, 2.05) is 13.8 Å². The summed E-state index contributed by atoms with van der Waals surface area (Å²) in [6, 6.07) is 0. The Kier molecular flexibility index (Phi) is 3.33. The molecule has 1 saturated heterocycles. The van der Waals surface area contributed by atoms with Gasteiger partial charge < -0.3 is 9.47 Å². The average molecular weight is 146 g/mol. The van der Waals surface area contributed by atoms with Gasteiger partial charge in [-0.05, 0) is 20.3 Å². The molecule has 10 heavy (non-hydrogen) atoms. The highest BCUT2D eigenvalue weighted by Gasteiger charge is 2.31. The molecule has 1 aliphatic rings. The van der Waals surface area contributed by atoms with Crippen LogP contribution in [0.1, 0.15) is 34.6 Å². The van der Waals surface area contributed by atoms with Crippen LogP contribution < -0.4 is 0 Å². The smallest absolute Gasteiger partial charge is 0.163 e. The van der Waals surface area contributed by atoms with E-state index in [0.717, 1.165) is 13.0 Å². The van der Waals surface area contributed by atoms with Crippen LogP contribution in [0.4, 0.5) is 0 Å². The normalized spacial score (nSPS) is 29.7. The van der Waals surface area contributed by atoms with Gasteiger partial charge in [-0.25, -0.2) is 0 Å². The summed E-state index contributed by atoms with van der Waals surface area (Å²) in [4.78, 5) is 0. The Morgan fingerprint density at radius 1 is 1.50 bits per heavy atom. The van der Waals surface area contributed by atoms with Gasteiger partial charge in [-0.3, -0.25) is 0 Å². The average Bonchev–Trinajstić information content (AvgIpc) is 2.10. The quantitative estimate of drug-likeness (QED) is 0.564. The van der Waals surface area contributed by atoms with Crippen molar-refractivity contribution in [2.45, 2.75) is 46.5 Å². The van der Waals surface area contributed by atoms with Gasteiger partial charge in [0, 0.05) is 0 Å². The van der Waals surface area contributed by atoms with E-state index in [2.05, 4.69) is 6.92 Å². The predicted molar refractivity (Wildman–Crippen MR) is 41.9 cm³/mol. The molecule has 0 radical (unpaired) electrons. The molecular formula is C8H18O2. The summed E-state index contributed by atoms with van der Waals surface area (Å²) in [5.74, 6) is -0.333. The van der Waals surface area contributed by atoms with Crippen molar-refractivity contribution in [1.82, 2.24) is 0 Å². The van der Waals surface area contributed by atoms with Crippen molar-refractivity contribution in [2.24, 2.45) is 0 Å². The molecule has 1 heterocycles. The Balaban J connectivity index is 0.000000810. The van der Waals surface area contributed by atoms with Crippen LogP contribution in [0.3, 0.4) is 0 Å². The number of ether oxygens (including phenoxy) is 2. The first-order valence-corrected chi connectivity index (χ1v) is 3.46. The molecule has 0 aromatic carbocycles. The highest BCUT2D eigenvalue weighted by atomic mass is 16.7. The van der Waals surface area contributed by atoms with Crippen LogP contribution >= 0.6 is 0 Å². The molecule has 2 nitrogen and oxygen atoms in total. The molecule has 1 rings (SSSR count). The maximum atomic E-state index is 5.48. The Bertz CT molecular complexity index is 99.4. The van der Waals surface area contributed by atoms with Crippen LogP contribution in [0, 0.1) is 0 Å². The van der Waals surface area contributed by atoms with Gasteiger partial charge in [0.2, 0.25) is 0 Å². The van der Waals surface area contributed by atoms with Gasteiger partial charge in [0.1, 0.15) is 0 Å². The molecule has 1 atom stereocenters. The minimum Gasteiger partial charge on any atom is -0.348 e. The molecule has 0 amide bonds. The first kappa shape index (κ1) is 9.92. The first-order valence-electron chi connectivity index (χ1n) is 3.46. The summed E-state index contributed by atoms with van der Waals surface area (Å²) in [7, 11) is 0. The van der Waals surface area contributed by atoms with Crippen molar-refractivity contribution in [3.8, 4) is 0 Å². The predicted octanol–water partition coefficient (Wildman–Crippen LogP) is 2.18. The van der Waals surface area contributed by atoms with E-state index < -0.39 is 0 Å². The summed E-state index contributed by atoms with van der Waals surface area (Å²) in [6.45, 7) is 6.75. The largest absolute Gasteiger partial charge is 0.348 e. The van der Waals surface area contributed by atoms with Gasteiger partial charge in [0.05, 0.1) is 12.7 Å². The second-order valence-corrected chi connectivity index (χ2v) is 2.86. The van der Waals surface area contributed by atoms with Gasteiger partial charge in [-0.2, -0.15) is 0 Å². The molecule has 2 heteroatoms. The van der Waals surface area contributed by atoms with Crippen LogP contribution in [0.15, 0.2) is 0 Å². The molecule has 0 spiro atoms. The third kappa shape index (κ3) is 2.27. The summed E-state index contributed by atoms with van der Waals surface area (Å²) in [5, 5.41) is 0. The van der Waals surface area contributed by atoms with Gasteiger partial charge in [-0.15, -0.1) is 0 Å². The fourth-order valence-electron chi connectivity index (χ4n) is 0.964. The summed E-state index contributed by atoms with van der Waals surface area (Å²) in [6.07, 6.45) is 1.36. The SMILES string of the molecule is C.CC[C@@H]1COC(C)(C)O1. The first-order chi connectivity index (χ1) is 4.14. The molecular weight excluding hydrogens is 128 g/mol. The Morgan fingerprint density at radius 2 is 2.10 bits per heavy atom. The van der Waals surface area contributed by atoms with E-state index >= 15 is 0 Å². The molecule has 0 saturated carbocycles. The third-order valence-electron chi connectivity index (χ3n) is 1.52. The van der Waals surface area contributed by atoms with Crippen molar-refractivity contribution < 1.29 is 9.47 Å². The van der Waals surface area contributed by atoms with Crippen LogP contribution in [-0.4, -0.2) is 18.5 Å². The zero-order valence-corrected chi connectivity index (χ0v) is 6.31. The second-order valence-electron chi connectivity index (χ2n) is 2.86. The third-order valence-corrected chi connectivity index (χ3v) is 1.52. The van der Waals surface area contributed by atoms with Gasteiger partial charge in [0.15, 0.2) is 5.79 Å². The van der Waals surface area contributed by atoms with Crippen molar-refractivity contribution >= 4 is 0 Å². The second kappa shape index (κ2) is 3.35. The lowest BCUT2D eigenvalue weighted by atomic mass is 10.3. The molecule has 1 fully saturated rings. The van der Waals surface area contributed by atoms with Crippen LogP contribution in [-0.2, 0) is 9.47 Å². The van der Waals surface area contributed by atoms with Crippen LogP contribution in [0.5, 0.6) is 0 Å². The Morgan fingerprint density at radius 3 is 2.30 bits per heavy atom. The van der Waals surface area contributed by atoms with Crippen molar-refractivity contribution in [1.29, 1.82) is 0 Å². The van der Waals surface area contributed by atoms with E-state index in [0.29, 0.717) is 6.10 Å². The van der Waals surface area contributed by atoms with Gasteiger partial charge >= 0.3 is 0 Å². The molecule has 0 N–H and O–H groups in total. The fourth-order valence-corrected chi connectivity index (χ4v) is 0.964. The fraction of sp³-hybridized carbons (Fsp3) is 1.00.